The Hall–Kier alpha value is -1.65. The van der Waals surface area contributed by atoms with Gasteiger partial charge in [-0.2, -0.15) is 0 Å². The summed E-state index contributed by atoms with van der Waals surface area (Å²) in [6.45, 7) is 5.70. The summed E-state index contributed by atoms with van der Waals surface area (Å²) in [5.74, 6) is 0.738. The van der Waals surface area contributed by atoms with Crippen LogP contribution in [0.15, 0.2) is 10.6 Å². The SMILES string of the molecule is Cc1noc(C=CCC(C)C)c1[N+](=O)[O-]. The standard InChI is InChI=1S/C10H14N2O3/c1-7(2)5-4-6-9-10(12(13)14)8(3)11-15-9/h4,6-7H,5H2,1-3H3. The Bertz CT molecular complexity index is 380. The van der Waals surface area contributed by atoms with Gasteiger partial charge in [-0.05, 0) is 25.3 Å². The van der Waals surface area contributed by atoms with E-state index in [9.17, 15) is 10.1 Å². The first-order chi connectivity index (χ1) is 7.02. The lowest BCUT2D eigenvalue weighted by Gasteiger charge is -1.95. The molecule has 82 valence electrons. The van der Waals surface area contributed by atoms with Crippen LogP contribution in [0.3, 0.4) is 0 Å². The third-order valence-electron chi connectivity index (χ3n) is 1.92. The summed E-state index contributed by atoms with van der Waals surface area (Å²) in [4.78, 5) is 10.2. The largest absolute Gasteiger partial charge is 0.349 e. The fourth-order valence-electron chi connectivity index (χ4n) is 1.16. The Kier molecular flexibility index (Phi) is 3.60. The second-order valence-electron chi connectivity index (χ2n) is 3.77. The van der Waals surface area contributed by atoms with Crippen LogP contribution in [-0.2, 0) is 0 Å². The van der Waals surface area contributed by atoms with Crippen molar-refractivity contribution in [3.05, 3.63) is 27.6 Å². The number of allylic oxidation sites excluding steroid dienone is 1. The van der Waals surface area contributed by atoms with Crippen molar-refractivity contribution in [3.8, 4) is 0 Å². The Balaban J connectivity index is 2.86. The van der Waals surface area contributed by atoms with Gasteiger partial charge < -0.3 is 4.52 Å². The third-order valence-corrected chi connectivity index (χ3v) is 1.92. The van der Waals surface area contributed by atoms with Crippen molar-refractivity contribution < 1.29 is 9.45 Å². The van der Waals surface area contributed by atoms with E-state index in [1.807, 2.05) is 6.08 Å². The highest BCUT2D eigenvalue weighted by atomic mass is 16.6. The quantitative estimate of drug-likeness (QED) is 0.565. The van der Waals surface area contributed by atoms with Crippen LogP contribution in [0, 0.1) is 23.0 Å². The van der Waals surface area contributed by atoms with Gasteiger partial charge in [0, 0.05) is 0 Å². The smallest absolute Gasteiger partial charge is 0.338 e. The summed E-state index contributed by atoms with van der Waals surface area (Å²) in [5.41, 5.74) is 0.263. The van der Waals surface area contributed by atoms with Crippen molar-refractivity contribution in [1.29, 1.82) is 0 Å². The summed E-state index contributed by atoms with van der Waals surface area (Å²) in [6, 6.07) is 0. The minimum Gasteiger partial charge on any atom is -0.349 e. The van der Waals surface area contributed by atoms with Crippen molar-refractivity contribution >= 4 is 11.8 Å². The summed E-state index contributed by atoms with van der Waals surface area (Å²) in [6.07, 6.45) is 4.33. The van der Waals surface area contributed by atoms with E-state index in [1.54, 1.807) is 13.0 Å². The van der Waals surface area contributed by atoms with Crippen LogP contribution in [0.5, 0.6) is 0 Å². The zero-order valence-corrected chi connectivity index (χ0v) is 9.06. The van der Waals surface area contributed by atoms with E-state index in [2.05, 4.69) is 19.0 Å². The average molecular weight is 210 g/mol. The highest BCUT2D eigenvalue weighted by Gasteiger charge is 2.21. The first-order valence-corrected chi connectivity index (χ1v) is 4.79. The minimum atomic E-state index is -0.471. The van der Waals surface area contributed by atoms with E-state index in [4.69, 9.17) is 4.52 Å². The molecule has 0 fully saturated rings. The molecule has 0 saturated carbocycles. The van der Waals surface area contributed by atoms with Crippen LogP contribution < -0.4 is 0 Å². The monoisotopic (exact) mass is 210 g/mol. The first-order valence-electron chi connectivity index (χ1n) is 4.79. The number of hydrogen-bond donors (Lipinski definition) is 0. The van der Waals surface area contributed by atoms with Crippen molar-refractivity contribution in [2.75, 3.05) is 0 Å². The zero-order chi connectivity index (χ0) is 11.4. The van der Waals surface area contributed by atoms with Gasteiger partial charge in [-0.25, -0.2) is 0 Å². The van der Waals surface area contributed by atoms with Crippen molar-refractivity contribution in [3.63, 3.8) is 0 Å². The van der Waals surface area contributed by atoms with Gasteiger partial charge in [-0.15, -0.1) is 0 Å². The Labute approximate surface area is 87.9 Å². The second-order valence-corrected chi connectivity index (χ2v) is 3.77. The van der Waals surface area contributed by atoms with Crippen LogP contribution in [-0.4, -0.2) is 10.1 Å². The fraction of sp³-hybridized carbons (Fsp3) is 0.500. The van der Waals surface area contributed by atoms with Gasteiger partial charge in [0.2, 0.25) is 5.76 Å². The molecule has 5 heteroatoms. The Morgan fingerprint density at radius 1 is 1.60 bits per heavy atom. The van der Waals surface area contributed by atoms with E-state index in [0.717, 1.165) is 6.42 Å². The molecule has 0 aliphatic carbocycles. The number of aryl methyl sites for hydroxylation is 1. The highest BCUT2D eigenvalue weighted by Crippen LogP contribution is 2.23. The number of nitro groups is 1. The third kappa shape index (κ3) is 2.90. The van der Waals surface area contributed by atoms with E-state index >= 15 is 0 Å². The van der Waals surface area contributed by atoms with Gasteiger partial charge in [0.05, 0.1) is 4.92 Å². The van der Waals surface area contributed by atoms with Gasteiger partial charge in [-0.3, -0.25) is 10.1 Å². The topological polar surface area (TPSA) is 69.2 Å². The van der Waals surface area contributed by atoms with E-state index in [-0.39, 0.29) is 11.4 Å². The Morgan fingerprint density at radius 3 is 2.80 bits per heavy atom. The van der Waals surface area contributed by atoms with Crippen molar-refractivity contribution in [2.24, 2.45) is 5.92 Å². The van der Waals surface area contributed by atoms with Crippen LogP contribution >= 0.6 is 0 Å². The van der Waals surface area contributed by atoms with E-state index in [1.165, 1.54) is 0 Å². The molecule has 0 N–H and O–H groups in total. The van der Waals surface area contributed by atoms with Crippen LogP contribution in [0.1, 0.15) is 31.7 Å². The van der Waals surface area contributed by atoms with E-state index < -0.39 is 4.92 Å². The lowest BCUT2D eigenvalue weighted by molar-refractivity contribution is -0.386. The number of hydrogen-bond acceptors (Lipinski definition) is 4. The van der Waals surface area contributed by atoms with Crippen LogP contribution in [0.25, 0.3) is 6.08 Å². The molecule has 0 saturated heterocycles. The normalized spacial score (nSPS) is 11.5. The van der Waals surface area contributed by atoms with Crippen LogP contribution in [0.4, 0.5) is 5.69 Å². The second kappa shape index (κ2) is 4.72. The molecular formula is C10H14N2O3. The first kappa shape index (κ1) is 11.4. The highest BCUT2D eigenvalue weighted by molar-refractivity contribution is 5.56. The van der Waals surface area contributed by atoms with Gasteiger partial charge in [-0.1, -0.05) is 25.1 Å². The molecular weight excluding hydrogens is 196 g/mol. The molecule has 0 bridgehead atoms. The number of nitrogens with zero attached hydrogens (tertiary/aromatic N) is 2. The number of aromatic nitrogens is 1. The molecule has 15 heavy (non-hydrogen) atoms. The molecule has 1 aromatic rings. The summed E-state index contributed by atoms with van der Waals surface area (Å²) in [7, 11) is 0. The molecule has 0 atom stereocenters. The van der Waals surface area contributed by atoms with Crippen molar-refractivity contribution in [2.45, 2.75) is 27.2 Å². The maximum absolute atomic E-state index is 10.7. The Morgan fingerprint density at radius 2 is 2.27 bits per heavy atom. The molecule has 0 radical (unpaired) electrons. The lowest BCUT2D eigenvalue weighted by atomic mass is 10.1. The zero-order valence-electron chi connectivity index (χ0n) is 9.06. The van der Waals surface area contributed by atoms with Crippen LogP contribution in [0.2, 0.25) is 0 Å². The maximum atomic E-state index is 10.7. The molecule has 5 nitrogen and oxygen atoms in total. The van der Waals surface area contributed by atoms with Crippen molar-refractivity contribution in [1.82, 2.24) is 5.16 Å². The van der Waals surface area contributed by atoms with Gasteiger partial charge >= 0.3 is 5.69 Å². The predicted molar refractivity (Wildman–Crippen MR) is 56.4 cm³/mol. The number of rotatable bonds is 4. The molecule has 0 spiro atoms. The van der Waals surface area contributed by atoms with Gasteiger partial charge in [0.15, 0.2) is 5.69 Å². The van der Waals surface area contributed by atoms with Gasteiger partial charge in [0.1, 0.15) is 0 Å². The fourth-order valence-corrected chi connectivity index (χ4v) is 1.16. The molecule has 1 heterocycles. The maximum Gasteiger partial charge on any atom is 0.338 e. The predicted octanol–water partition coefficient (Wildman–Crippen LogP) is 2.95. The molecule has 1 rings (SSSR count). The molecule has 0 unspecified atom stereocenters. The summed E-state index contributed by atoms with van der Waals surface area (Å²) < 4.78 is 4.86. The average Bonchev–Trinajstić information content (AvgIpc) is 2.46. The lowest BCUT2D eigenvalue weighted by Crippen LogP contribution is -1.90. The molecule has 0 aliphatic rings. The summed E-state index contributed by atoms with van der Waals surface area (Å²) >= 11 is 0. The molecule has 0 aliphatic heterocycles. The molecule has 0 aromatic carbocycles. The molecule has 0 amide bonds. The summed E-state index contributed by atoms with van der Waals surface area (Å²) in [5, 5.41) is 14.2. The van der Waals surface area contributed by atoms with Gasteiger partial charge in [0.25, 0.3) is 0 Å². The molecule has 1 aromatic heterocycles. The minimum absolute atomic E-state index is 0.0463. The van der Waals surface area contributed by atoms with E-state index in [0.29, 0.717) is 11.6 Å².